The first kappa shape index (κ1) is 29.3. The molecule has 0 fully saturated rings. The Labute approximate surface area is 246 Å². The maximum Gasteiger partial charge on any atom is 0.303 e. The number of benzene rings is 3. The standard InChI is InChI=1S/C32H36O7S2/c1-19-14-23(38-12-5-13-41(4,35)36)15-20(2)31(19)32-26-9-10-27(25(26)8-11-28(32)37-3)39-22-6-7-24-21(16-30(33)34)18-40-29(24)17-22/h6-8,11,14-15,17,21,27H,5,9-10,12-13,16,18H2,1-4H3,(H,33,34)/t21-,27?/m1/s1. The van der Waals surface area contributed by atoms with Crippen molar-refractivity contribution in [2.45, 2.75) is 56.4 Å². The number of fused-ring (bicyclic) bond motifs is 2. The maximum absolute atomic E-state index is 11.4. The lowest BCUT2D eigenvalue weighted by Crippen LogP contribution is -2.08. The van der Waals surface area contributed by atoms with Crippen LogP contribution < -0.4 is 14.2 Å². The minimum Gasteiger partial charge on any atom is -0.496 e. The molecule has 0 aromatic heterocycles. The van der Waals surface area contributed by atoms with E-state index in [2.05, 4.69) is 19.9 Å². The Morgan fingerprint density at radius 1 is 1.02 bits per heavy atom. The van der Waals surface area contributed by atoms with Crippen molar-refractivity contribution in [3.8, 4) is 28.4 Å². The highest BCUT2D eigenvalue weighted by atomic mass is 32.2. The van der Waals surface area contributed by atoms with Gasteiger partial charge in [-0.15, -0.1) is 11.8 Å². The molecule has 1 aliphatic carbocycles. The van der Waals surface area contributed by atoms with Crippen LogP contribution in [0.15, 0.2) is 47.4 Å². The van der Waals surface area contributed by atoms with Crippen LogP contribution in [0.4, 0.5) is 0 Å². The van der Waals surface area contributed by atoms with Crippen molar-refractivity contribution in [2.24, 2.45) is 0 Å². The second-order valence-electron chi connectivity index (χ2n) is 10.9. The van der Waals surface area contributed by atoms with Gasteiger partial charge in [0.1, 0.15) is 33.2 Å². The van der Waals surface area contributed by atoms with Crippen molar-refractivity contribution in [3.05, 3.63) is 70.3 Å². The topological polar surface area (TPSA) is 99.1 Å². The molecule has 1 aliphatic heterocycles. The van der Waals surface area contributed by atoms with Crippen molar-refractivity contribution in [2.75, 3.05) is 31.5 Å². The summed E-state index contributed by atoms with van der Waals surface area (Å²) in [6.45, 7) is 4.47. The van der Waals surface area contributed by atoms with Gasteiger partial charge < -0.3 is 19.3 Å². The highest BCUT2D eigenvalue weighted by molar-refractivity contribution is 7.99. The van der Waals surface area contributed by atoms with Crippen molar-refractivity contribution in [1.82, 2.24) is 0 Å². The number of aliphatic carboxylic acids is 1. The molecule has 5 rings (SSSR count). The zero-order chi connectivity index (χ0) is 29.3. The van der Waals surface area contributed by atoms with Crippen LogP contribution in [0.3, 0.4) is 0 Å². The number of ether oxygens (including phenoxy) is 3. The lowest BCUT2D eigenvalue weighted by atomic mass is 9.89. The molecule has 0 saturated carbocycles. The van der Waals surface area contributed by atoms with E-state index >= 15 is 0 Å². The van der Waals surface area contributed by atoms with Gasteiger partial charge in [-0.1, -0.05) is 12.1 Å². The molecule has 2 atom stereocenters. The lowest BCUT2D eigenvalue weighted by Gasteiger charge is -2.21. The fourth-order valence-electron chi connectivity index (χ4n) is 6.00. The van der Waals surface area contributed by atoms with Crippen molar-refractivity contribution in [3.63, 3.8) is 0 Å². The summed E-state index contributed by atoms with van der Waals surface area (Å²) in [4.78, 5) is 12.3. The molecule has 1 N–H and O–H groups in total. The minimum absolute atomic E-state index is 0.0412. The summed E-state index contributed by atoms with van der Waals surface area (Å²) in [5, 5.41) is 9.23. The zero-order valence-corrected chi connectivity index (χ0v) is 25.5. The van der Waals surface area contributed by atoms with Crippen LogP contribution in [0.25, 0.3) is 11.1 Å². The third-order valence-electron chi connectivity index (χ3n) is 7.78. The largest absolute Gasteiger partial charge is 0.496 e. The van der Waals surface area contributed by atoms with Crippen LogP contribution in [0.1, 0.15) is 59.1 Å². The number of hydrogen-bond donors (Lipinski definition) is 1. The van der Waals surface area contributed by atoms with Crippen LogP contribution in [0.2, 0.25) is 0 Å². The van der Waals surface area contributed by atoms with E-state index in [4.69, 9.17) is 14.2 Å². The van der Waals surface area contributed by atoms with E-state index in [0.717, 1.165) is 74.1 Å². The second kappa shape index (κ2) is 12.0. The van der Waals surface area contributed by atoms with E-state index in [9.17, 15) is 18.3 Å². The van der Waals surface area contributed by atoms with Gasteiger partial charge in [0.2, 0.25) is 0 Å². The Balaban J connectivity index is 1.39. The Bertz CT molecular complexity index is 1560. The van der Waals surface area contributed by atoms with E-state index in [-0.39, 0.29) is 24.2 Å². The molecular formula is C32H36O7S2. The van der Waals surface area contributed by atoms with E-state index in [1.165, 1.54) is 11.8 Å². The molecular weight excluding hydrogens is 560 g/mol. The van der Waals surface area contributed by atoms with Gasteiger partial charge in [-0.25, -0.2) is 8.42 Å². The van der Waals surface area contributed by atoms with Crippen molar-refractivity contribution < 1.29 is 32.5 Å². The molecule has 1 unspecified atom stereocenters. The molecule has 0 radical (unpaired) electrons. The van der Waals surface area contributed by atoms with Crippen LogP contribution in [0, 0.1) is 13.8 Å². The summed E-state index contributed by atoms with van der Waals surface area (Å²) in [7, 11) is -1.32. The highest BCUT2D eigenvalue weighted by Gasteiger charge is 2.31. The average Bonchev–Trinajstić information content (AvgIpc) is 3.49. The highest BCUT2D eigenvalue weighted by Crippen LogP contribution is 2.48. The third kappa shape index (κ3) is 6.51. The van der Waals surface area contributed by atoms with Gasteiger partial charge in [0.25, 0.3) is 0 Å². The van der Waals surface area contributed by atoms with E-state index in [1.807, 2.05) is 36.4 Å². The predicted octanol–water partition coefficient (Wildman–Crippen LogP) is 6.52. The Morgan fingerprint density at radius 3 is 2.44 bits per heavy atom. The first-order valence-corrected chi connectivity index (χ1v) is 16.9. The quantitative estimate of drug-likeness (QED) is 0.250. The van der Waals surface area contributed by atoms with E-state index in [1.54, 1.807) is 18.9 Å². The van der Waals surface area contributed by atoms with Crippen molar-refractivity contribution in [1.29, 1.82) is 0 Å². The third-order valence-corrected chi connectivity index (χ3v) is 10.0. The van der Waals surface area contributed by atoms with Gasteiger partial charge in [0.05, 0.1) is 25.9 Å². The lowest BCUT2D eigenvalue weighted by molar-refractivity contribution is -0.137. The molecule has 9 heteroatoms. The number of hydrogen-bond acceptors (Lipinski definition) is 7. The zero-order valence-electron chi connectivity index (χ0n) is 23.9. The monoisotopic (exact) mass is 596 g/mol. The molecule has 7 nitrogen and oxygen atoms in total. The molecule has 1 heterocycles. The van der Waals surface area contributed by atoms with Gasteiger partial charge >= 0.3 is 5.97 Å². The van der Waals surface area contributed by atoms with E-state index in [0.29, 0.717) is 13.0 Å². The Kier molecular flexibility index (Phi) is 8.57. The summed E-state index contributed by atoms with van der Waals surface area (Å²) < 4.78 is 41.1. The van der Waals surface area contributed by atoms with Gasteiger partial charge in [0, 0.05) is 28.4 Å². The van der Waals surface area contributed by atoms with Crippen LogP contribution in [0.5, 0.6) is 17.2 Å². The molecule has 0 bridgehead atoms. The molecule has 3 aromatic rings. The molecule has 2 aliphatic rings. The molecule has 0 amide bonds. The number of sulfone groups is 1. The number of methoxy groups -OCH3 is 1. The first-order chi connectivity index (χ1) is 19.5. The summed E-state index contributed by atoms with van der Waals surface area (Å²) in [6.07, 6.45) is 3.45. The summed E-state index contributed by atoms with van der Waals surface area (Å²) >= 11 is 1.69. The molecule has 0 spiro atoms. The van der Waals surface area contributed by atoms with Gasteiger partial charge in [-0.05, 0) is 96.8 Å². The number of rotatable bonds is 11. The fourth-order valence-corrected chi connectivity index (χ4v) is 7.92. The van der Waals surface area contributed by atoms with E-state index < -0.39 is 15.8 Å². The molecule has 218 valence electrons. The molecule has 0 saturated heterocycles. The van der Waals surface area contributed by atoms with Crippen molar-refractivity contribution >= 4 is 27.6 Å². The van der Waals surface area contributed by atoms with Gasteiger partial charge in [-0.2, -0.15) is 0 Å². The summed E-state index contributed by atoms with van der Waals surface area (Å²) in [5.41, 5.74) is 7.78. The maximum atomic E-state index is 11.4. The smallest absolute Gasteiger partial charge is 0.303 e. The van der Waals surface area contributed by atoms with Crippen LogP contribution in [-0.4, -0.2) is 51.0 Å². The summed E-state index contributed by atoms with van der Waals surface area (Å²) in [5.74, 6) is 2.50. The number of carboxylic acids is 1. The second-order valence-corrected chi connectivity index (χ2v) is 14.2. The first-order valence-electron chi connectivity index (χ1n) is 13.8. The van der Waals surface area contributed by atoms with Gasteiger partial charge in [0.15, 0.2) is 0 Å². The summed E-state index contributed by atoms with van der Waals surface area (Å²) in [6, 6.07) is 14.2. The predicted molar refractivity (Wildman–Crippen MR) is 162 cm³/mol. The Morgan fingerprint density at radius 2 is 1.76 bits per heavy atom. The Hall–Kier alpha value is -3.17. The fraction of sp³-hybridized carbons (Fsp3) is 0.406. The van der Waals surface area contributed by atoms with Crippen LogP contribution in [-0.2, 0) is 21.1 Å². The van der Waals surface area contributed by atoms with Crippen LogP contribution >= 0.6 is 11.8 Å². The average molecular weight is 597 g/mol. The number of aryl methyl sites for hydroxylation is 2. The SMILES string of the molecule is COc1ccc2c(c1-c1c(C)cc(OCCCS(C)(=O)=O)cc1C)CCC2Oc1ccc2c(c1)SC[C@H]2CC(=O)O. The van der Waals surface area contributed by atoms with Gasteiger partial charge in [-0.3, -0.25) is 4.79 Å². The minimum atomic E-state index is -3.01. The molecule has 41 heavy (non-hydrogen) atoms. The number of carboxylic acid groups (broad SMARTS) is 1. The molecule has 3 aromatic carbocycles. The number of thioether (sulfide) groups is 1. The normalized spacial score (nSPS) is 17.7. The number of carbonyl (C=O) groups is 1.